The lowest BCUT2D eigenvalue weighted by Gasteiger charge is -2.34. The molecule has 0 spiro atoms. The fraction of sp³-hybridized carbons (Fsp3) is 0.438. The van der Waals surface area contributed by atoms with Crippen LogP contribution in [0.5, 0.6) is 5.75 Å². The first-order valence-corrected chi connectivity index (χ1v) is 8.13. The average molecular weight is 351 g/mol. The lowest BCUT2D eigenvalue weighted by Crippen LogP contribution is -2.50. The number of carbonyl (C=O) groups excluding carboxylic acids is 1. The molecule has 0 aliphatic carbocycles. The Morgan fingerprint density at radius 2 is 2.00 bits per heavy atom. The lowest BCUT2D eigenvalue weighted by molar-refractivity contribution is -0.133. The van der Waals surface area contributed by atoms with E-state index in [9.17, 15) is 4.79 Å². The highest BCUT2D eigenvalue weighted by atomic mass is 35.5. The summed E-state index contributed by atoms with van der Waals surface area (Å²) >= 11 is 5.92. The van der Waals surface area contributed by atoms with E-state index < -0.39 is 0 Å². The standard InChI is InChI=1S/C16H19ClN4O3/c1-11-9-13(17)3-4-14(11)23-10-15(22)20-5-7-21(8-6-20)16-12(2)18-24-19-16/h3-4,9H,5-8,10H2,1-2H3. The summed E-state index contributed by atoms with van der Waals surface area (Å²) in [6.45, 7) is 6.40. The maximum atomic E-state index is 12.3. The number of ether oxygens (including phenoxy) is 1. The Hall–Kier alpha value is -2.28. The molecule has 2 heterocycles. The summed E-state index contributed by atoms with van der Waals surface area (Å²) in [7, 11) is 0. The van der Waals surface area contributed by atoms with Gasteiger partial charge in [0, 0.05) is 31.2 Å². The number of benzene rings is 1. The number of rotatable bonds is 4. The zero-order valence-corrected chi connectivity index (χ0v) is 14.4. The highest BCUT2D eigenvalue weighted by Gasteiger charge is 2.24. The van der Waals surface area contributed by atoms with Crippen LogP contribution in [0.15, 0.2) is 22.8 Å². The second-order valence-corrected chi connectivity index (χ2v) is 6.18. The first-order chi connectivity index (χ1) is 11.5. The van der Waals surface area contributed by atoms with Crippen LogP contribution in [0.4, 0.5) is 5.82 Å². The van der Waals surface area contributed by atoms with Gasteiger partial charge in [0.05, 0.1) is 0 Å². The Labute approximate surface area is 145 Å². The SMILES string of the molecule is Cc1cc(Cl)ccc1OCC(=O)N1CCN(c2nonc2C)CC1. The van der Waals surface area contributed by atoms with E-state index in [0.29, 0.717) is 37.0 Å². The number of anilines is 1. The molecule has 0 saturated carbocycles. The van der Waals surface area contributed by atoms with E-state index in [4.69, 9.17) is 21.0 Å². The lowest BCUT2D eigenvalue weighted by atomic mass is 10.2. The van der Waals surface area contributed by atoms with Gasteiger partial charge in [0.2, 0.25) is 0 Å². The molecule has 1 aromatic heterocycles. The van der Waals surface area contributed by atoms with Gasteiger partial charge in [-0.25, -0.2) is 4.63 Å². The zero-order chi connectivity index (χ0) is 17.1. The Balaban J connectivity index is 1.51. The maximum Gasteiger partial charge on any atom is 0.260 e. The quantitative estimate of drug-likeness (QED) is 0.840. The minimum atomic E-state index is -0.0287. The van der Waals surface area contributed by atoms with Gasteiger partial charge in [0.15, 0.2) is 12.4 Å². The van der Waals surface area contributed by atoms with Gasteiger partial charge in [0.25, 0.3) is 5.91 Å². The van der Waals surface area contributed by atoms with Crippen molar-refractivity contribution in [1.29, 1.82) is 0 Å². The third-order valence-corrected chi connectivity index (χ3v) is 4.28. The molecule has 0 atom stereocenters. The molecular weight excluding hydrogens is 332 g/mol. The van der Waals surface area contributed by atoms with Crippen molar-refractivity contribution in [2.45, 2.75) is 13.8 Å². The van der Waals surface area contributed by atoms with Gasteiger partial charge in [-0.3, -0.25) is 4.79 Å². The van der Waals surface area contributed by atoms with Crippen LogP contribution in [0.1, 0.15) is 11.3 Å². The molecule has 7 nitrogen and oxygen atoms in total. The van der Waals surface area contributed by atoms with Crippen molar-refractivity contribution >= 4 is 23.3 Å². The Kier molecular flexibility index (Phi) is 4.89. The van der Waals surface area contributed by atoms with E-state index in [2.05, 4.69) is 15.2 Å². The molecule has 8 heteroatoms. The maximum absolute atomic E-state index is 12.3. The molecule has 1 fully saturated rings. The molecule has 1 aliphatic heterocycles. The van der Waals surface area contributed by atoms with Crippen molar-refractivity contribution in [3.05, 3.63) is 34.5 Å². The highest BCUT2D eigenvalue weighted by Crippen LogP contribution is 2.22. The first kappa shape index (κ1) is 16.6. The summed E-state index contributed by atoms with van der Waals surface area (Å²) in [5, 5.41) is 8.34. The highest BCUT2D eigenvalue weighted by molar-refractivity contribution is 6.30. The van der Waals surface area contributed by atoms with Gasteiger partial charge in [0.1, 0.15) is 11.4 Å². The van der Waals surface area contributed by atoms with E-state index >= 15 is 0 Å². The molecule has 128 valence electrons. The number of nitrogens with zero attached hydrogens (tertiary/aromatic N) is 4. The van der Waals surface area contributed by atoms with Crippen molar-refractivity contribution in [3.8, 4) is 5.75 Å². The van der Waals surface area contributed by atoms with E-state index in [0.717, 1.165) is 17.1 Å². The second-order valence-electron chi connectivity index (χ2n) is 5.74. The molecule has 3 rings (SSSR count). The van der Waals surface area contributed by atoms with Gasteiger partial charge in [-0.1, -0.05) is 16.8 Å². The predicted octanol–water partition coefficient (Wildman–Crippen LogP) is 2.07. The zero-order valence-electron chi connectivity index (χ0n) is 13.7. The van der Waals surface area contributed by atoms with Crippen molar-refractivity contribution in [1.82, 2.24) is 15.2 Å². The molecule has 0 bridgehead atoms. The molecular formula is C16H19ClN4O3. The summed E-state index contributed by atoms with van der Waals surface area (Å²) < 4.78 is 10.4. The van der Waals surface area contributed by atoms with Gasteiger partial charge in [-0.2, -0.15) is 0 Å². The van der Waals surface area contributed by atoms with Crippen LogP contribution in [-0.2, 0) is 4.79 Å². The first-order valence-electron chi connectivity index (χ1n) is 7.75. The van der Waals surface area contributed by atoms with Crippen molar-refractivity contribution in [2.24, 2.45) is 0 Å². The minimum Gasteiger partial charge on any atom is -0.483 e. The number of amides is 1. The van der Waals surface area contributed by atoms with Crippen molar-refractivity contribution in [3.63, 3.8) is 0 Å². The van der Waals surface area contributed by atoms with Gasteiger partial charge in [-0.05, 0) is 42.8 Å². The number of halogens is 1. The van der Waals surface area contributed by atoms with Gasteiger partial charge >= 0.3 is 0 Å². The predicted molar refractivity (Wildman–Crippen MR) is 89.5 cm³/mol. The molecule has 24 heavy (non-hydrogen) atoms. The summed E-state index contributed by atoms with van der Waals surface area (Å²) in [5.74, 6) is 1.39. The smallest absolute Gasteiger partial charge is 0.260 e. The molecule has 1 aromatic carbocycles. The number of hydrogen-bond acceptors (Lipinski definition) is 6. The third-order valence-electron chi connectivity index (χ3n) is 4.05. The van der Waals surface area contributed by atoms with Crippen LogP contribution < -0.4 is 9.64 Å². The molecule has 2 aromatic rings. The fourth-order valence-electron chi connectivity index (χ4n) is 2.69. The van der Waals surface area contributed by atoms with Gasteiger partial charge < -0.3 is 14.5 Å². The summed E-state index contributed by atoms with van der Waals surface area (Å²) in [6.07, 6.45) is 0. The number of carbonyl (C=O) groups is 1. The van der Waals surface area contributed by atoms with E-state index in [1.54, 1.807) is 17.0 Å². The Morgan fingerprint density at radius 3 is 2.62 bits per heavy atom. The van der Waals surface area contributed by atoms with Crippen LogP contribution in [0.3, 0.4) is 0 Å². The second kappa shape index (κ2) is 7.09. The molecule has 1 aliphatic rings. The monoisotopic (exact) mass is 350 g/mol. The number of hydrogen-bond donors (Lipinski definition) is 0. The Bertz CT molecular complexity index is 726. The van der Waals surface area contributed by atoms with E-state index in [1.807, 2.05) is 19.9 Å². The molecule has 1 saturated heterocycles. The van der Waals surface area contributed by atoms with Gasteiger partial charge in [-0.15, -0.1) is 0 Å². The van der Waals surface area contributed by atoms with Crippen molar-refractivity contribution in [2.75, 3.05) is 37.7 Å². The van der Waals surface area contributed by atoms with Crippen LogP contribution in [0, 0.1) is 13.8 Å². The summed E-state index contributed by atoms with van der Waals surface area (Å²) in [6, 6.07) is 5.35. The number of aryl methyl sites for hydroxylation is 2. The summed E-state index contributed by atoms with van der Waals surface area (Å²) in [4.78, 5) is 16.2. The third kappa shape index (κ3) is 3.62. The Morgan fingerprint density at radius 1 is 1.25 bits per heavy atom. The van der Waals surface area contributed by atoms with Crippen LogP contribution >= 0.6 is 11.6 Å². The van der Waals surface area contributed by atoms with Crippen molar-refractivity contribution < 1.29 is 14.2 Å². The molecule has 0 unspecified atom stereocenters. The molecule has 0 N–H and O–H groups in total. The van der Waals surface area contributed by atoms with Crippen LogP contribution in [0.25, 0.3) is 0 Å². The van der Waals surface area contributed by atoms with Crippen LogP contribution in [-0.4, -0.2) is 53.9 Å². The number of piperazine rings is 1. The number of aromatic nitrogens is 2. The average Bonchev–Trinajstić information content (AvgIpc) is 3.00. The molecule has 1 amide bonds. The topological polar surface area (TPSA) is 71.7 Å². The summed E-state index contributed by atoms with van der Waals surface area (Å²) in [5.41, 5.74) is 1.67. The fourth-order valence-corrected chi connectivity index (χ4v) is 2.91. The van der Waals surface area contributed by atoms with E-state index in [1.165, 1.54) is 0 Å². The molecule has 0 radical (unpaired) electrons. The minimum absolute atomic E-state index is 0.0208. The largest absolute Gasteiger partial charge is 0.483 e. The van der Waals surface area contributed by atoms with E-state index in [-0.39, 0.29) is 12.5 Å². The normalized spacial score (nSPS) is 14.8. The van der Waals surface area contributed by atoms with Crippen LogP contribution in [0.2, 0.25) is 5.02 Å².